The molecule has 2 fully saturated rings. The summed E-state index contributed by atoms with van der Waals surface area (Å²) in [6.45, 7) is 2.38. The normalized spacial score (nSPS) is 24.1. The molecule has 0 amide bonds. The van der Waals surface area contributed by atoms with Gasteiger partial charge in [-0.2, -0.15) is 15.6 Å². The zero-order valence-corrected chi connectivity index (χ0v) is 33.8. The van der Waals surface area contributed by atoms with Gasteiger partial charge >= 0.3 is 7.82 Å². The van der Waals surface area contributed by atoms with Crippen LogP contribution in [0, 0.1) is 22.7 Å². The van der Waals surface area contributed by atoms with Crippen LogP contribution in [0.15, 0.2) is 36.8 Å². The summed E-state index contributed by atoms with van der Waals surface area (Å²) in [5.74, 6) is 0.170. The number of hydrogen-bond acceptors (Lipinski definition) is 14. The Hall–Kier alpha value is -3.54. The summed E-state index contributed by atoms with van der Waals surface area (Å²) < 4.78 is 42.8. The Bertz CT molecular complexity index is 1840. The molecule has 7 atom stereocenters. The Kier molecular flexibility index (Phi) is 16.8. The fourth-order valence-corrected chi connectivity index (χ4v) is 8.42. The predicted octanol–water partition coefficient (Wildman–Crippen LogP) is 6.38. The number of aliphatic hydroxyl groups excluding tert-OH is 1. The molecule has 17 heteroatoms. The first-order valence-corrected chi connectivity index (χ1v) is 21.9. The molecule has 16 nitrogen and oxygen atoms in total. The van der Waals surface area contributed by atoms with Crippen LogP contribution in [-0.2, 0) is 34.4 Å². The van der Waals surface area contributed by atoms with Crippen LogP contribution >= 0.6 is 7.82 Å². The van der Waals surface area contributed by atoms with E-state index in [0.717, 1.165) is 19.3 Å². The zero-order chi connectivity index (χ0) is 40.7. The Labute approximate surface area is 334 Å². The second-order valence-corrected chi connectivity index (χ2v) is 16.5. The van der Waals surface area contributed by atoms with E-state index >= 15 is 0 Å². The van der Waals surface area contributed by atoms with Crippen LogP contribution < -0.4 is 5.73 Å². The van der Waals surface area contributed by atoms with Crippen LogP contribution in [0.1, 0.15) is 133 Å². The molecule has 5 rings (SSSR count). The maximum Gasteiger partial charge on any atom is 0.472 e. The molecule has 0 bridgehead atoms. The van der Waals surface area contributed by atoms with Crippen molar-refractivity contribution in [2.45, 2.75) is 152 Å². The minimum absolute atomic E-state index is 0.0425. The smallest absolute Gasteiger partial charge is 0.387 e. The molecule has 1 saturated carbocycles. The van der Waals surface area contributed by atoms with Gasteiger partial charge < -0.3 is 35.1 Å². The van der Waals surface area contributed by atoms with E-state index in [9.17, 15) is 24.9 Å². The summed E-state index contributed by atoms with van der Waals surface area (Å²) in [4.78, 5) is 18.7. The third-order valence-electron chi connectivity index (χ3n) is 10.8. The van der Waals surface area contributed by atoms with Gasteiger partial charge in [0.25, 0.3) is 0 Å². The third kappa shape index (κ3) is 11.4. The predicted molar refractivity (Wildman–Crippen MR) is 209 cm³/mol. The number of nitrogens with zero attached hydrogens (tertiary/aromatic N) is 6. The van der Waals surface area contributed by atoms with Gasteiger partial charge in [-0.25, -0.2) is 19.0 Å². The maximum atomic E-state index is 13.2. The number of phosphoric ester groups is 1. The van der Waals surface area contributed by atoms with E-state index in [-0.39, 0.29) is 30.4 Å². The highest BCUT2D eigenvalue weighted by Gasteiger charge is 2.90. The number of pyridine rings is 1. The molecule has 1 saturated heterocycles. The van der Waals surface area contributed by atoms with Crippen LogP contribution in [0.4, 0.5) is 5.82 Å². The summed E-state index contributed by atoms with van der Waals surface area (Å²) in [5.41, 5.74) is 2.99. The van der Waals surface area contributed by atoms with Crippen molar-refractivity contribution in [3.8, 4) is 12.1 Å². The van der Waals surface area contributed by atoms with Crippen molar-refractivity contribution >= 4 is 19.2 Å². The molecule has 2 unspecified atom stereocenters. The highest BCUT2D eigenvalue weighted by atomic mass is 31.2. The minimum Gasteiger partial charge on any atom is -0.387 e. The van der Waals surface area contributed by atoms with Gasteiger partial charge in [0.1, 0.15) is 48.0 Å². The van der Waals surface area contributed by atoms with Crippen molar-refractivity contribution in [2.24, 2.45) is 0 Å². The number of rotatable bonds is 28. The highest BCUT2D eigenvalue weighted by molar-refractivity contribution is 7.47. The lowest BCUT2D eigenvalue weighted by Gasteiger charge is -2.24. The Morgan fingerprint density at radius 1 is 0.947 bits per heavy atom. The van der Waals surface area contributed by atoms with Gasteiger partial charge in [-0.1, -0.05) is 109 Å². The van der Waals surface area contributed by atoms with E-state index in [0.29, 0.717) is 17.7 Å². The second-order valence-electron chi connectivity index (χ2n) is 15.1. The number of anilines is 1. The number of nitrogen functional groups attached to an aromatic ring is 1. The van der Waals surface area contributed by atoms with Crippen LogP contribution in [-0.4, -0.2) is 84.0 Å². The first-order valence-electron chi connectivity index (χ1n) is 20.4. The fourth-order valence-electron chi connectivity index (χ4n) is 7.43. The summed E-state index contributed by atoms with van der Waals surface area (Å²) in [5, 5.41) is 45.8. The molecule has 1 aliphatic heterocycles. The number of fused-ring (bicyclic) bond motifs is 2. The van der Waals surface area contributed by atoms with Crippen molar-refractivity contribution in [1.82, 2.24) is 19.6 Å². The summed E-state index contributed by atoms with van der Waals surface area (Å²) in [6.07, 6.45) is 17.4. The van der Waals surface area contributed by atoms with E-state index in [1.807, 2.05) is 12.1 Å². The van der Waals surface area contributed by atoms with Crippen molar-refractivity contribution in [3.63, 3.8) is 0 Å². The summed E-state index contributed by atoms with van der Waals surface area (Å²) >= 11 is 0. The highest BCUT2D eigenvalue weighted by Crippen LogP contribution is 2.68. The standard InChI is InChI=1S/C40H58N7O9P/c1-2-3-4-5-6-7-8-9-10-11-12-13-14-15-16-17-22-52-26-32(53-25-30-18-19-31(23-41)44-24-30)27-54-57(50,51)56-38-39(28-42)40(38,49)36(48)35(55-39)33-20-21-34-37(43)45-29-46-47(33)34/h18-21,24,29,32,35-36,38,48-49H,2-17,22,25-27H2,1H3,(H,50,51)(H2,43,45,46)/t32-,35+,36+,38?,39-,40-/m1/s1. The number of unbranched alkanes of at least 4 members (excludes halogenated alkanes) is 15. The average molecular weight is 812 g/mol. The quantitative estimate of drug-likeness (QED) is 0.0459. The van der Waals surface area contributed by atoms with Crippen LogP contribution in [0.3, 0.4) is 0 Å². The maximum absolute atomic E-state index is 13.2. The number of nitrogens with two attached hydrogens (primary N) is 1. The fraction of sp³-hybridized carbons (Fsp3) is 0.675. The van der Waals surface area contributed by atoms with Gasteiger partial charge in [0, 0.05) is 12.8 Å². The lowest BCUT2D eigenvalue weighted by Crippen LogP contribution is -2.35. The first kappa shape index (κ1) is 44.6. The molecule has 2 aliphatic rings. The molecular weight excluding hydrogens is 753 g/mol. The molecular formula is C40H58N7O9P. The number of aliphatic hydroxyl groups is 2. The molecule has 4 heterocycles. The second kappa shape index (κ2) is 21.5. The van der Waals surface area contributed by atoms with Crippen LogP contribution in [0.25, 0.3) is 5.52 Å². The zero-order valence-electron chi connectivity index (χ0n) is 32.9. The Morgan fingerprint density at radius 3 is 2.18 bits per heavy atom. The number of nitriles is 2. The SMILES string of the molecule is CCCCCCCCCCCCCCCCCCOC[C@H](COP(=O)(O)OC1[C@@]2(C#N)O[C@@H](c3ccc4c(N)ncnn34)[C@H](O)[C@@]12O)OCc1ccc(C#N)nc1. The molecule has 3 aromatic rings. The molecule has 0 aromatic carbocycles. The van der Waals surface area contributed by atoms with E-state index < -0.39 is 50.0 Å². The van der Waals surface area contributed by atoms with E-state index in [2.05, 4.69) is 22.0 Å². The molecule has 312 valence electrons. The van der Waals surface area contributed by atoms with E-state index in [4.69, 9.17) is 34.3 Å². The van der Waals surface area contributed by atoms with Crippen LogP contribution in [0.2, 0.25) is 0 Å². The van der Waals surface area contributed by atoms with Gasteiger partial charge in [0.05, 0.1) is 25.5 Å². The summed E-state index contributed by atoms with van der Waals surface area (Å²) in [7, 11) is -4.96. The lowest BCUT2D eigenvalue weighted by atomic mass is 10.0. The number of phosphoric acid groups is 1. The van der Waals surface area contributed by atoms with Gasteiger partial charge in [-0.3, -0.25) is 9.05 Å². The van der Waals surface area contributed by atoms with Gasteiger partial charge in [0.15, 0.2) is 17.5 Å². The molecule has 0 radical (unpaired) electrons. The monoisotopic (exact) mass is 811 g/mol. The van der Waals surface area contributed by atoms with Crippen molar-refractivity contribution < 1.29 is 42.9 Å². The molecule has 5 N–H and O–H groups in total. The summed E-state index contributed by atoms with van der Waals surface area (Å²) in [6, 6.07) is 10.2. The first-order chi connectivity index (χ1) is 27.6. The number of ether oxygens (including phenoxy) is 3. The largest absolute Gasteiger partial charge is 0.472 e. The van der Waals surface area contributed by atoms with Crippen molar-refractivity contribution in [1.29, 1.82) is 10.5 Å². The number of aromatic nitrogens is 4. The van der Waals surface area contributed by atoms with E-state index in [1.165, 1.54) is 101 Å². The van der Waals surface area contributed by atoms with E-state index in [1.54, 1.807) is 24.3 Å². The van der Waals surface area contributed by atoms with Crippen molar-refractivity contribution in [3.05, 3.63) is 53.7 Å². The van der Waals surface area contributed by atoms with Gasteiger partial charge in [0.2, 0.25) is 5.60 Å². The molecule has 3 aromatic heterocycles. The topological polar surface area (TPSA) is 241 Å². The van der Waals surface area contributed by atoms with Crippen molar-refractivity contribution in [2.75, 3.05) is 25.6 Å². The Morgan fingerprint density at radius 2 is 1.60 bits per heavy atom. The molecule has 0 spiro atoms. The lowest BCUT2D eigenvalue weighted by molar-refractivity contribution is -0.0795. The minimum atomic E-state index is -4.96. The van der Waals surface area contributed by atoms with Gasteiger partial charge in [-0.05, 0) is 30.2 Å². The number of hydrogen-bond donors (Lipinski definition) is 4. The molecule has 1 aliphatic carbocycles. The average Bonchev–Trinajstić information content (AvgIpc) is 3.44. The Balaban J connectivity index is 1.04. The van der Waals surface area contributed by atoms with Gasteiger partial charge in [-0.15, -0.1) is 0 Å². The molecule has 57 heavy (non-hydrogen) atoms. The third-order valence-corrected chi connectivity index (χ3v) is 11.8. The van der Waals surface area contributed by atoms with Crippen LogP contribution in [0.5, 0.6) is 0 Å².